The third kappa shape index (κ3) is 3.05. The number of urea groups is 1. The van der Waals surface area contributed by atoms with E-state index in [-0.39, 0.29) is 6.03 Å². The van der Waals surface area contributed by atoms with Crippen LogP contribution in [-0.2, 0) is 11.3 Å². The minimum absolute atomic E-state index is 0.269. The number of carbonyl (C=O) groups is 2. The van der Waals surface area contributed by atoms with E-state index in [9.17, 15) is 14.7 Å². The summed E-state index contributed by atoms with van der Waals surface area (Å²) in [6.07, 6.45) is 2.55. The molecule has 0 radical (unpaired) electrons. The average Bonchev–Trinajstić information content (AvgIpc) is 3.04. The Labute approximate surface area is 129 Å². The molecule has 0 spiro atoms. The van der Waals surface area contributed by atoms with Crippen molar-refractivity contribution in [2.75, 3.05) is 6.54 Å². The van der Waals surface area contributed by atoms with Crippen molar-refractivity contribution in [2.45, 2.75) is 51.6 Å². The molecule has 2 heterocycles. The van der Waals surface area contributed by atoms with E-state index in [1.54, 1.807) is 11.3 Å². The van der Waals surface area contributed by atoms with Gasteiger partial charge in [-0.05, 0) is 48.1 Å². The van der Waals surface area contributed by atoms with Crippen molar-refractivity contribution in [2.24, 2.45) is 0 Å². The van der Waals surface area contributed by atoms with Crippen LogP contribution in [0.2, 0.25) is 0 Å². The van der Waals surface area contributed by atoms with E-state index in [1.165, 1.54) is 4.90 Å². The van der Waals surface area contributed by atoms with E-state index in [1.807, 2.05) is 24.6 Å². The normalized spacial score (nSPS) is 21.5. The number of likely N-dealkylation sites (tertiary alicyclic amines) is 1. The van der Waals surface area contributed by atoms with Crippen LogP contribution in [0, 0.1) is 6.92 Å². The molecule has 5 nitrogen and oxygen atoms in total. The fourth-order valence-electron chi connectivity index (χ4n) is 3.01. The van der Waals surface area contributed by atoms with Gasteiger partial charge in [-0.2, -0.15) is 11.3 Å². The molecule has 1 atom stereocenters. The van der Waals surface area contributed by atoms with Crippen LogP contribution in [-0.4, -0.2) is 34.1 Å². The molecule has 6 heteroatoms. The topological polar surface area (TPSA) is 69.6 Å². The summed E-state index contributed by atoms with van der Waals surface area (Å²) in [4.78, 5) is 25.6. The maximum atomic E-state index is 12.4. The monoisotopic (exact) mass is 310 g/mol. The number of rotatable bonds is 5. The standard InChI is InChI=1S/C15H22N2O3S/c1-3-5-15(13(18)19)6-4-7-17(15)14(20)16-8-12-10-21-9-11(12)2/h9-10H,3-8H2,1-2H3,(H,16,20)(H,18,19). The van der Waals surface area contributed by atoms with Gasteiger partial charge < -0.3 is 15.3 Å². The number of aryl methyl sites for hydroxylation is 1. The molecular formula is C15H22N2O3S. The number of thiophene rings is 1. The SMILES string of the molecule is CCCC1(C(=O)O)CCCN1C(=O)NCc1cscc1C. The van der Waals surface area contributed by atoms with E-state index >= 15 is 0 Å². The van der Waals surface area contributed by atoms with Gasteiger partial charge in [0.25, 0.3) is 0 Å². The second kappa shape index (κ2) is 6.47. The lowest BCUT2D eigenvalue weighted by molar-refractivity contribution is -0.148. The molecule has 0 saturated carbocycles. The molecule has 1 saturated heterocycles. The van der Waals surface area contributed by atoms with E-state index in [0.717, 1.165) is 24.0 Å². The lowest BCUT2D eigenvalue weighted by Gasteiger charge is -2.34. The van der Waals surface area contributed by atoms with Crippen LogP contribution in [0.15, 0.2) is 10.8 Å². The largest absolute Gasteiger partial charge is 0.479 e. The van der Waals surface area contributed by atoms with Crippen LogP contribution in [0.1, 0.15) is 43.7 Å². The Hall–Kier alpha value is -1.56. The minimum atomic E-state index is -1.03. The van der Waals surface area contributed by atoms with Gasteiger partial charge in [0.1, 0.15) is 5.54 Å². The number of nitrogens with one attached hydrogen (secondary N) is 1. The predicted octanol–water partition coefficient (Wildman–Crippen LogP) is 2.99. The van der Waals surface area contributed by atoms with E-state index < -0.39 is 11.5 Å². The zero-order valence-electron chi connectivity index (χ0n) is 12.5. The van der Waals surface area contributed by atoms with Gasteiger partial charge in [-0.15, -0.1) is 0 Å². The van der Waals surface area contributed by atoms with Crippen molar-refractivity contribution in [3.05, 3.63) is 21.9 Å². The lowest BCUT2D eigenvalue weighted by Crippen LogP contribution is -2.55. The van der Waals surface area contributed by atoms with Crippen LogP contribution in [0.25, 0.3) is 0 Å². The number of hydrogen-bond donors (Lipinski definition) is 2. The number of hydrogen-bond acceptors (Lipinski definition) is 3. The number of carbonyl (C=O) groups excluding carboxylic acids is 1. The van der Waals surface area contributed by atoms with Gasteiger partial charge >= 0.3 is 12.0 Å². The fraction of sp³-hybridized carbons (Fsp3) is 0.600. The molecule has 21 heavy (non-hydrogen) atoms. The Bertz CT molecular complexity index is 529. The molecule has 1 aromatic heterocycles. The van der Waals surface area contributed by atoms with Gasteiger partial charge in [0.15, 0.2) is 0 Å². The summed E-state index contributed by atoms with van der Waals surface area (Å²) in [5.74, 6) is -0.885. The molecule has 0 aliphatic carbocycles. The third-order valence-electron chi connectivity index (χ3n) is 4.19. The first kappa shape index (κ1) is 15.8. The van der Waals surface area contributed by atoms with Crippen LogP contribution in [0.4, 0.5) is 4.79 Å². The first-order valence-corrected chi connectivity index (χ1v) is 8.26. The van der Waals surface area contributed by atoms with Crippen LogP contribution >= 0.6 is 11.3 Å². The molecular weight excluding hydrogens is 288 g/mol. The Morgan fingerprint density at radius 2 is 2.24 bits per heavy atom. The first-order valence-electron chi connectivity index (χ1n) is 7.32. The molecule has 2 N–H and O–H groups in total. The van der Waals surface area contributed by atoms with Gasteiger partial charge in [0.05, 0.1) is 0 Å². The summed E-state index contributed by atoms with van der Waals surface area (Å²) in [7, 11) is 0. The average molecular weight is 310 g/mol. The molecule has 0 bridgehead atoms. The Morgan fingerprint density at radius 1 is 1.48 bits per heavy atom. The highest BCUT2D eigenvalue weighted by Gasteiger charge is 2.49. The molecule has 2 rings (SSSR count). The molecule has 1 aliphatic heterocycles. The summed E-state index contributed by atoms with van der Waals surface area (Å²) in [5, 5.41) is 16.5. The second-order valence-electron chi connectivity index (χ2n) is 5.58. The number of amides is 2. The van der Waals surface area contributed by atoms with Gasteiger partial charge in [0.2, 0.25) is 0 Å². The number of carboxylic acid groups (broad SMARTS) is 1. The number of carboxylic acids is 1. The predicted molar refractivity (Wildman–Crippen MR) is 82.5 cm³/mol. The summed E-state index contributed by atoms with van der Waals surface area (Å²) in [5.41, 5.74) is 1.21. The quantitative estimate of drug-likeness (QED) is 0.878. The summed E-state index contributed by atoms with van der Waals surface area (Å²) in [6, 6.07) is -0.269. The Kier molecular flexibility index (Phi) is 4.88. The molecule has 116 valence electrons. The van der Waals surface area contributed by atoms with Gasteiger partial charge in [-0.3, -0.25) is 0 Å². The lowest BCUT2D eigenvalue weighted by atomic mass is 9.91. The van der Waals surface area contributed by atoms with Crippen molar-refractivity contribution in [3.63, 3.8) is 0 Å². The number of nitrogens with zero attached hydrogens (tertiary/aromatic N) is 1. The van der Waals surface area contributed by atoms with Crippen molar-refractivity contribution >= 4 is 23.3 Å². The highest BCUT2D eigenvalue weighted by molar-refractivity contribution is 7.08. The zero-order valence-corrected chi connectivity index (χ0v) is 13.3. The molecule has 1 aliphatic rings. The molecule has 1 aromatic rings. The van der Waals surface area contributed by atoms with Gasteiger partial charge in [-0.1, -0.05) is 13.3 Å². The summed E-state index contributed by atoms with van der Waals surface area (Å²) in [6.45, 7) is 4.92. The van der Waals surface area contributed by atoms with Gasteiger partial charge in [0, 0.05) is 13.1 Å². The maximum Gasteiger partial charge on any atom is 0.329 e. The Morgan fingerprint density at radius 3 is 2.81 bits per heavy atom. The second-order valence-corrected chi connectivity index (χ2v) is 6.32. The summed E-state index contributed by atoms with van der Waals surface area (Å²) >= 11 is 1.60. The Balaban J connectivity index is 2.06. The maximum absolute atomic E-state index is 12.4. The highest BCUT2D eigenvalue weighted by atomic mass is 32.1. The molecule has 0 aromatic carbocycles. The van der Waals surface area contributed by atoms with Crippen LogP contribution in [0.3, 0.4) is 0 Å². The van der Waals surface area contributed by atoms with E-state index in [0.29, 0.717) is 25.9 Å². The van der Waals surface area contributed by atoms with Crippen molar-refractivity contribution in [1.82, 2.24) is 10.2 Å². The van der Waals surface area contributed by atoms with E-state index in [2.05, 4.69) is 5.32 Å². The van der Waals surface area contributed by atoms with Crippen molar-refractivity contribution in [3.8, 4) is 0 Å². The fourth-order valence-corrected chi connectivity index (χ4v) is 3.87. The molecule has 1 unspecified atom stereocenters. The smallest absolute Gasteiger partial charge is 0.329 e. The van der Waals surface area contributed by atoms with Crippen molar-refractivity contribution < 1.29 is 14.7 Å². The van der Waals surface area contributed by atoms with Crippen LogP contribution in [0.5, 0.6) is 0 Å². The third-order valence-corrected chi connectivity index (χ3v) is 5.10. The van der Waals surface area contributed by atoms with Gasteiger partial charge in [-0.25, -0.2) is 9.59 Å². The highest BCUT2D eigenvalue weighted by Crippen LogP contribution is 2.34. The minimum Gasteiger partial charge on any atom is -0.479 e. The molecule has 2 amide bonds. The number of aliphatic carboxylic acids is 1. The van der Waals surface area contributed by atoms with Crippen molar-refractivity contribution in [1.29, 1.82) is 0 Å². The van der Waals surface area contributed by atoms with E-state index in [4.69, 9.17) is 0 Å². The van der Waals surface area contributed by atoms with Crippen LogP contribution < -0.4 is 5.32 Å². The molecule has 1 fully saturated rings. The first-order chi connectivity index (χ1) is 10.0. The summed E-state index contributed by atoms with van der Waals surface area (Å²) < 4.78 is 0. The zero-order chi connectivity index (χ0) is 15.5.